The smallest absolute Gasteiger partial charge is 0.408 e. The fraction of sp³-hybridized carbons (Fsp3) is 0.306. The fourth-order valence-electron chi connectivity index (χ4n) is 5.55. The zero-order chi connectivity index (χ0) is 35.3. The van der Waals surface area contributed by atoms with Crippen molar-refractivity contribution in [3.63, 3.8) is 0 Å². The van der Waals surface area contributed by atoms with E-state index >= 15 is 0 Å². The number of benzene rings is 3. The van der Waals surface area contributed by atoms with Crippen LogP contribution in [0.3, 0.4) is 0 Å². The first-order chi connectivity index (χ1) is 23.3. The molecule has 1 atom stereocenters. The molecular formula is C36H41N7O6. The molecule has 1 aromatic heterocycles. The number of hydrogen-bond donors (Lipinski definition) is 4. The number of oxime groups is 1. The number of primary amides is 1. The third-order valence-electron chi connectivity index (χ3n) is 7.93. The number of anilines is 3. The van der Waals surface area contributed by atoms with E-state index in [1.165, 1.54) is 13.1 Å². The number of ether oxygens (including phenoxy) is 1. The predicted molar refractivity (Wildman–Crippen MR) is 189 cm³/mol. The summed E-state index contributed by atoms with van der Waals surface area (Å²) in [5.74, 6) is -1.72. The highest BCUT2D eigenvalue weighted by molar-refractivity contribution is 6.13. The molecule has 3 aromatic carbocycles. The van der Waals surface area contributed by atoms with Gasteiger partial charge in [0.15, 0.2) is 0 Å². The van der Waals surface area contributed by atoms with Crippen molar-refractivity contribution < 1.29 is 28.8 Å². The lowest BCUT2D eigenvalue weighted by Crippen LogP contribution is -2.42. The predicted octanol–water partition coefficient (Wildman–Crippen LogP) is 5.01. The number of alkyl carbamates (subject to hydrolysis) is 1. The molecule has 13 nitrogen and oxygen atoms in total. The van der Waals surface area contributed by atoms with Crippen molar-refractivity contribution in [1.29, 1.82) is 0 Å². The minimum absolute atomic E-state index is 0.243. The number of nitrogens with two attached hydrogens (primary N) is 2. The van der Waals surface area contributed by atoms with Crippen molar-refractivity contribution in [2.45, 2.75) is 58.7 Å². The Morgan fingerprint density at radius 2 is 1.71 bits per heavy atom. The first-order valence-electron chi connectivity index (χ1n) is 16.0. The second-order valence-electron chi connectivity index (χ2n) is 12.9. The maximum absolute atomic E-state index is 13.9. The van der Waals surface area contributed by atoms with Crippen LogP contribution in [-0.2, 0) is 20.9 Å². The lowest BCUT2D eigenvalue weighted by Gasteiger charge is -2.20. The molecule has 1 saturated heterocycles. The Bertz CT molecular complexity index is 1900. The third kappa shape index (κ3) is 8.55. The highest BCUT2D eigenvalue weighted by atomic mass is 16.7. The first-order valence-corrected chi connectivity index (χ1v) is 16.0. The zero-order valence-corrected chi connectivity index (χ0v) is 28.0. The van der Waals surface area contributed by atoms with Gasteiger partial charge in [-0.1, -0.05) is 35.5 Å². The summed E-state index contributed by atoms with van der Waals surface area (Å²) in [5, 5.41) is 9.88. The van der Waals surface area contributed by atoms with Gasteiger partial charge in [0.1, 0.15) is 17.3 Å². The zero-order valence-electron chi connectivity index (χ0n) is 28.0. The maximum Gasteiger partial charge on any atom is 0.408 e. The van der Waals surface area contributed by atoms with Crippen LogP contribution in [0.25, 0.3) is 10.9 Å². The van der Waals surface area contributed by atoms with Crippen LogP contribution in [0.2, 0.25) is 0 Å². The molecule has 0 aliphatic carbocycles. The van der Waals surface area contributed by atoms with Crippen molar-refractivity contribution in [1.82, 2.24) is 9.88 Å². The largest absolute Gasteiger partial charge is 0.444 e. The third-order valence-corrected chi connectivity index (χ3v) is 7.93. The Labute approximate surface area is 284 Å². The molecule has 6 N–H and O–H groups in total. The second-order valence-corrected chi connectivity index (χ2v) is 12.9. The molecule has 256 valence electrons. The van der Waals surface area contributed by atoms with Crippen LogP contribution in [0.15, 0.2) is 71.9 Å². The van der Waals surface area contributed by atoms with E-state index in [4.69, 9.17) is 21.0 Å². The van der Waals surface area contributed by atoms with E-state index in [0.717, 1.165) is 37.2 Å². The molecule has 0 radical (unpaired) electrons. The lowest BCUT2D eigenvalue weighted by molar-refractivity contribution is -0.145. The SMILES string of the molecule is C[C@H](NC(=O)OC(C)(C)C)C(=O)O/N=C/c1ccc2c(N)c(C(=O)Nc3cccc(N4CCCC4)c3)n(Cc3ccc(C(N)=O)cc3)c2c1. The van der Waals surface area contributed by atoms with Gasteiger partial charge in [-0.15, -0.1) is 0 Å². The Hall–Kier alpha value is -5.85. The van der Waals surface area contributed by atoms with E-state index in [2.05, 4.69) is 20.7 Å². The molecule has 5 rings (SSSR count). The molecule has 3 amide bonds. The molecule has 0 spiro atoms. The highest BCUT2D eigenvalue weighted by Crippen LogP contribution is 2.32. The number of nitrogen functional groups attached to an aromatic ring is 1. The molecule has 2 heterocycles. The van der Waals surface area contributed by atoms with E-state index in [-0.39, 0.29) is 17.9 Å². The minimum atomic E-state index is -1.01. The van der Waals surface area contributed by atoms with Crippen LogP contribution < -0.4 is 27.0 Å². The normalized spacial score (nSPS) is 13.8. The molecule has 1 fully saturated rings. The molecular weight excluding hydrogens is 626 g/mol. The van der Waals surface area contributed by atoms with Crippen molar-refractivity contribution in [3.05, 3.63) is 89.1 Å². The summed E-state index contributed by atoms with van der Waals surface area (Å²) < 4.78 is 6.96. The summed E-state index contributed by atoms with van der Waals surface area (Å²) in [4.78, 5) is 57.3. The molecule has 1 aliphatic heterocycles. The summed E-state index contributed by atoms with van der Waals surface area (Å²) in [5.41, 5.74) is 15.9. The highest BCUT2D eigenvalue weighted by Gasteiger charge is 2.24. The average Bonchev–Trinajstić information content (AvgIpc) is 3.67. The lowest BCUT2D eigenvalue weighted by atomic mass is 10.1. The van der Waals surface area contributed by atoms with E-state index in [9.17, 15) is 19.2 Å². The Morgan fingerprint density at radius 1 is 1.00 bits per heavy atom. The van der Waals surface area contributed by atoms with Gasteiger partial charge in [0.2, 0.25) is 5.91 Å². The molecule has 13 heteroatoms. The van der Waals surface area contributed by atoms with Crippen LogP contribution in [0.5, 0.6) is 0 Å². The second kappa shape index (κ2) is 14.5. The first kappa shape index (κ1) is 34.5. The fourth-order valence-corrected chi connectivity index (χ4v) is 5.55. The minimum Gasteiger partial charge on any atom is -0.444 e. The monoisotopic (exact) mass is 667 g/mol. The van der Waals surface area contributed by atoms with Crippen LogP contribution in [0.1, 0.15) is 72.5 Å². The number of amides is 3. The molecule has 49 heavy (non-hydrogen) atoms. The van der Waals surface area contributed by atoms with Gasteiger partial charge < -0.3 is 41.1 Å². The Kier molecular flexibility index (Phi) is 10.2. The van der Waals surface area contributed by atoms with Crippen LogP contribution in [-0.4, -0.2) is 59.4 Å². The van der Waals surface area contributed by atoms with Gasteiger partial charge in [-0.05, 0) is 88.1 Å². The summed E-state index contributed by atoms with van der Waals surface area (Å²) in [6, 6.07) is 18.8. The number of carbonyl (C=O) groups is 4. The van der Waals surface area contributed by atoms with E-state index in [1.807, 2.05) is 24.3 Å². The molecule has 0 bridgehead atoms. The summed E-state index contributed by atoms with van der Waals surface area (Å²) in [6.45, 7) is 8.78. The molecule has 0 unspecified atom stereocenters. The van der Waals surface area contributed by atoms with Gasteiger partial charge in [0, 0.05) is 42.0 Å². The average molecular weight is 668 g/mol. The number of carbonyl (C=O) groups excluding carboxylic acids is 4. The Balaban J connectivity index is 1.42. The van der Waals surface area contributed by atoms with Crippen LogP contribution >= 0.6 is 0 Å². The molecule has 0 saturated carbocycles. The van der Waals surface area contributed by atoms with Crippen LogP contribution in [0.4, 0.5) is 21.9 Å². The summed E-state index contributed by atoms with van der Waals surface area (Å²) in [7, 11) is 0. The van der Waals surface area contributed by atoms with E-state index in [0.29, 0.717) is 27.7 Å². The van der Waals surface area contributed by atoms with Gasteiger partial charge in [0.05, 0.1) is 17.4 Å². The molecule has 4 aromatic rings. The number of nitrogens with one attached hydrogen (secondary N) is 2. The summed E-state index contributed by atoms with van der Waals surface area (Å²) in [6.07, 6.45) is 2.85. The van der Waals surface area contributed by atoms with Gasteiger partial charge in [-0.2, -0.15) is 0 Å². The van der Waals surface area contributed by atoms with Gasteiger partial charge >= 0.3 is 12.1 Å². The van der Waals surface area contributed by atoms with E-state index in [1.54, 1.807) is 67.8 Å². The van der Waals surface area contributed by atoms with E-state index < -0.39 is 35.5 Å². The number of fused-ring (bicyclic) bond motifs is 1. The Morgan fingerprint density at radius 3 is 2.39 bits per heavy atom. The van der Waals surface area contributed by atoms with Gasteiger partial charge in [-0.25, -0.2) is 9.59 Å². The number of rotatable bonds is 10. The van der Waals surface area contributed by atoms with Crippen LogP contribution in [0, 0.1) is 0 Å². The van der Waals surface area contributed by atoms with Crippen molar-refractivity contribution in [2.75, 3.05) is 29.0 Å². The molecule has 1 aliphatic rings. The topological polar surface area (TPSA) is 183 Å². The number of hydrogen-bond acceptors (Lipinski definition) is 9. The van der Waals surface area contributed by atoms with Crippen molar-refractivity contribution in [2.24, 2.45) is 10.9 Å². The van der Waals surface area contributed by atoms with Crippen molar-refractivity contribution in [3.8, 4) is 0 Å². The summed E-state index contributed by atoms with van der Waals surface area (Å²) >= 11 is 0. The standard InChI is InChI=1S/C36H41N7O6/c1-22(40-35(47)48-36(2,3)4)34(46)49-39-20-24-12-15-28-29(18-24)43(21-23-10-13-25(14-11-23)32(38)44)31(30(28)37)33(45)41-26-8-7-9-27(19-26)42-16-5-6-17-42/h7-15,18-20,22H,5-6,16-17,21,37H2,1-4H3,(H2,38,44)(H,40,47)(H,41,45)/b39-20+/t22-/m0/s1. The van der Waals surface area contributed by atoms with Gasteiger partial charge in [-0.3, -0.25) is 9.59 Å². The number of nitrogens with zero attached hydrogens (tertiary/aromatic N) is 3. The number of aromatic nitrogens is 1. The van der Waals surface area contributed by atoms with Crippen molar-refractivity contribution >= 4 is 58.1 Å². The van der Waals surface area contributed by atoms with Gasteiger partial charge in [0.25, 0.3) is 5.91 Å². The maximum atomic E-state index is 13.9. The quantitative estimate of drug-likeness (QED) is 0.103.